The molecule has 1 fully saturated rings. The van der Waals surface area contributed by atoms with Gasteiger partial charge in [0.15, 0.2) is 10.9 Å². The lowest BCUT2D eigenvalue weighted by Crippen LogP contribution is -2.29. The summed E-state index contributed by atoms with van der Waals surface area (Å²) < 4.78 is 7.00. The Morgan fingerprint density at radius 1 is 1.07 bits per heavy atom. The summed E-state index contributed by atoms with van der Waals surface area (Å²) in [5.41, 5.74) is 4.25. The first-order valence-corrected chi connectivity index (χ1v) is 14.2. The molecule has 1 N–H and O–H groups in total. The Labute approximate surface area is 242 Å². The van der Waals surface area contributed by atoms with Crippen LogP contribution < -0.4 is 4.90 Å². The molecule has 0 radical (unpaired) electrons. The number of Topliss-reactive ketones (excluding diaryl/α,β-unsaturated/α-hetero) is 1. The molecule has 9 nitrogen and oxygen atoms in total. The van der Waals surface area contributed by atoms with Gasteiger partial charge in [-0.15, -0.1) is 0 Å². The van der Waals surface area contributed by atoms with E-state index in [1.807, 2.05) is 53.9 Å². The number of aliphatic hydroxyl groups is 1. The number of hydrogen-bond acceptors (Lipinski definition) is 8. The summed E-state index contributed by atoms with van der Waals surface area (Å²) in [7, 11) is 0. The van der Waals surface area contributed by atoms with Crippen molar-refractivity contribution < 1.29 is 24.2 Å². The molecule has 0 bridgehead atoms. The van der Waals surface area contributed by atoms with E-state index in [2.05, 4.69) is 30.7 Å². The zero-order valence-electron chi connectivity index (χ0n) is 24.1. The fourth-order valence-corrected chi connectivity index (χ4v) is 6.04. The van der Waals surface area contributed by atoms with Crippen LogP contribution in [0.5, 0.6) is 0 Å². The molecular weight excluding hydrogens is 540 g/mol. The fraction of sp³-hybridized carbons (Fsp3) is 0.323. The summed E-state index contributed by atoms with van der Waals surface area (Å²) >= 11 is 0.978. The highest BCUT2D eigenvalue weighted by molar-refractivity contribution is 7.17. The second-order valence-corrected chi connectivity index (χ2v) is 12.1. The number of hydrogen-bond donors (Lipinski definition) is 1. The van der Waals surface area contributed by atoms with Gasteiger partial charge in [0, 0.05) is 6.20 Å². The van der Waals surface area contributed by atoms with Crippen molar-refractivity contribution in [2.75, 3.05) is 11.5 Å². The largest absolute Gasteiger partial charge is 0.505 e. The molecule has 212 valence electrons. The molecule has 4 heterocycles. The summed E-state index contributed by atoms with van der Waals surface area (Å²) in [6.07, 6.45) is 1.83. The zero-order chi connectivity index (χ0) is 29.8. The molecule has 1 unspecified atom stereocenters. The average Bonchev–Trinajstić information content (AvgIpc) is 3.55. The quantitative estimate of drug-likeness (QED) is 0.139. The number of imidazole rings is 1. The van der Waals surface area contributed by atoms with E-state index in [4.69, 9.17) is 4.74 Å². The van der Waals surface area contributed by atoms with Crippen LogP contribution in [-0.4, -0.2) is 43.7 Å². The number of nitrogens with zero attached hydrogens (tertiary/aromatic N) is 4. The first-order valence-electron chi connectivity index (χ1n) is 13.4. The van der Waals surface area contributed by atoms with E-state index in [9.17, 15) is 19.5 Å². The van der Waals surface area contributed by atoms with Crippen molar-refractivity contribution in [1.82, 2.24) is 14.4 Å². The number of esters is 1. The first-order chi connectivity index (χ1) is 19.3. The average molecular weight is 573 g/mol. The van der Waals surface area contributed by atoms with Gasteiger partial charge < -0.3 is 14.2 Å². The van der Waals surface area contributed by atoms with Crippen LogP contribution in [-0.2, 0) is 19.7 Å². The lowest BCUT2D eigenvalue weighted by Gasteiger charge is -2.24. The highest BCUT2D eigenvalue weighted by Crippen LogP contribution is 2.44. The third-order valence-corrected chi connectivity index (χ3v) is 8.43. The molecule has 0 aliphatic carbocycles. The molecule has 1 saturated heterocycles. The van der Waals surface area contributed by atoms with Crippen molar-refractivity contribution >= 4 is 45.5 Å². The molecule has 1 aliphatic heterocycles. The van der Waals surface area contributed by atoms with Gasteiger partial charge in [-0.1, -0.05) is 62.4 Å². The predicted molar refractivity (Wildman–Crippen MR) is 157 cm³/mol. The minimum Gasteiger partial charge on any atom is -0.505 e. The van der Waals surface area contributed by atoms with Gasteiger partial charge in [-0.25, -0.2) is 14.8 Å². The van der Waals surface area contributed by atoms with E-state index in [-0.39, 0.29) is 39.1 Å². The van der Waals surface area contributed by atoms with Crippen LogP contribution in [0.2, 0.25) is 0 Å². The third kappa shape index (κ3) is 4.72. The van der Waals surface area contributed by atoms with Gasteiger partial charge >= 0.3 is 11.9 Å². The number of thiazole rings is 1. The van der Waals surface area contributed by atoms with Gasteiger partial charge in [-0.2, -0.15) is 0 Å². The maximum Gasteiger partial charge on any atom is 0.350 e. The summed E-state index contributed by atoms with van der Waals surface area (Å²) in [6, 6.07) is 10.4. The van der Waals surface area contributed by atoms with Crippen molar-refractivity contribution in [3.63, 3.8) is 0 Å². The molecule has 1 atom stereocenters. The SMILES string of the molecule is CCOC(=O)c1sc(N2C(=O)C(=O)/C(=C(/O)c3nc4c(C)cccn4c3C)C2c2ccc(C(C)(C)C)cc2)nc1C. The van der Waals surface area contributed by atoms with E-state index in [0.29, 0.717) is 22.6 Å². The Kier molecular flexibility index (Phi) is 7.07. The van der Waals surface area contributed by atoms with Gasteiger partial charge in [0.1, 0.15) is 16.2 Å². The molecule has 1 amide bonds. The minimum atomic E-state index is -0.991. The number of pyridine rings is 1. The Balaban J connectivity index is 1.73. The van der Waals surface area contributed by atoms with E-state index in [0.717, 1.165) is 22.5 Å². The monoisotopic (exact) mass is 572 g/mol. The van der Waals surface area contributed by atoms with Crippen LogP contribution in [0.1, 0.15) is 77.2 Å². The van der Waals surface area contributed by atoms with Crippen molar-refractivity contribution in [3.05, 3.63) is 86.8 Å². The van der Waals surface area contributed by atoms with Gasteiger partial charge in [0.2, 0.25) is 0 Å². The molecule has 10 heteroatoms. The Hall–Kier alpha value is -4.31. The number of benzene rings is 1. The topological polar surface area (TPSA) is 114 Å². The summed E-state index contributed by atoms with van der Waals surface area (Å²) in [5, 5.41) is 11.9. The summed E-state index contributed by atoms with van der Waals surface area (Å²) in [5.74, 6) is -2.62. The number of rotatable bonds is 5. The number of ether oxygens (including phenoxy) is 1. The lowest BCUT2D eigenvalue weighted by molar-refractivity contribution is -0.132. The minimum absolute atomic E-state index is 0.0896. The summed E-state index contributed by atoms with van der Waals surface area (Å²) in [6.45, 7) is 13.5. The van der Waals surface area contributed by atoms with Crippen molar-refractivity contribution in [3.8, 4) is 0 Å². The molecular formula is C31H32N4O5S. The van der Waals surface area contributed by atoms with E-state index >= 15 is 0 Å². The molecule has 0 spiro atoms. The predicted octanol–water partition coefficient (Wildman–Crippen LogP) is 5.82. The number of carbonyl (C=O) groups excluding carboxylic acids is 3. The molecule has 5 rings (SSSR count). The number of aromatic nitrogens is 3. The van der Waals surface area contributed by atoms with Crippen LogP contribution in [0.4, 0.5) is 5.13 Å². The van der Waals surface area contributed by atoms with Crippen LogP contribution in [0, 0.1) is 20.8 Å². The van der Waals surface area contributed by atoms with Crippen LogP contribution >= 0.6 is 11.3 Å². The fourth-order valence-electron chi connectivity index (χ4n) is 5.06. The van der Waals surface area contributed by atoms with Crippen molar-refractivity contribution in [1.29, 1.82) is 0 Å². The Morgan fingerprint density at radius 2 is 1.76 bits per heavy atom. The smallest absolute Gasteiger partial charge is 0.350 e. The van der Waals surface area contributed by atoms with Gasteiger partial charge in [-0.05, 0) is 55.9 Å². The number of aliphatic hydroxyl groups excluding tert-OH is 1. The number of ketones is 1. The Morgan fingerprint density at radius 3 is 2.37 bits per heavy atom. The molecule has 4 aromatic rings. The standard InChI is InChI=1S/C31H32N4O5S/c1-8-40-29(39)26-17(3)32-30(41-26)35-23(19-11-13-20(14-12-19)31(5,6)7)21(25(37)28(35)38)24(36)22-18(4)34-15-9-10-16(2)27(34)33-22/h9-15,23,36H,8H2,1-7H3/b24-21+. The number of aryl methyl sites for hydroxylation is 3. The Bertz CT molecular complexity index is 1740. The number of amides is 1. The highest BCUT2D eigenvalue weighted by Gasteiger charge is 2.49. The third-order valence-electron chi connectivity index (χ3n) is 7.30. The number of anilines is 1. The van der Waals surface area contributed by atoms with Crippen LogP contribution in [0.15, 0.2) is 48.2 Å². The molecule has 0 saturated carbocycles. The molecule has 1 aromatic carbocycles. The van der Waals surface area contributed by atoms with Gasteiger partial charge in [0.05, 0.1) is 29.6 Å². The lowest BCUT2D eigenvalue weighted by atomic mass is 9.85. The van der Waals surface area contributed by atoms with Crippen LogP contribution in [0.3, 0.4) is 0 Å². The number of fused-ring (bicyclic) bond motifs is 1. The second kappa shape index (κ2) is 10.3. The maximum absolute atomic E-state index is 13.7. The molecule has 1 aliphatic rings. The van der Waals surface area contributed by atoms with E-state index < -0.39 is 23.7 Å². The number of carbonyl (C=O) groups is 3. The zero-order valence-corrected chi connectivity index (χ0v) is 24.9. The molecule has 41 heavy (non-hydrogen) atoms. The maximum atomic E-state index is 13.7. The van der Waals surface area contributed by atoms with Gasteiger partial charge in [-0.3, -0.25) is 14.5 Å². The highest BCUT2D eigenvalue weighted by atomic mass is 32.1. The second-order valence-electron chi connectivity index (χ2n) is 11.1. The van der Waals surface area contributed by atoms with Gasteiger partial charge in [0.25, 0.3) is 5.78 Å². The van der Waals surface area contributed by atoms with E-state index in [1.54, 1.807) is 20.8 Å². The summed E-state index contributed by atoms with van der Waals surface area (Å²) in [4.78, 5) is 50.5. The van der Waals surface area contributed by atoms with E-state index in [1.165, 1.54) is 4.90 Å². The van der Waals surface area contributed by atoms with Crippen LogP contribution in [0.25, 0.3) is 11.4 Å². The van der Waals surface area contributed by atoms with Crippen molar-refractivity contribution in [2.45, 2.75) is 59.9 Å². The molecule has 3 aromatic heterocycles. The first kappa shape index (κ1) is 28.2. The normalized spacial score (nSPS) is 17.0. The van der Waals surface area contributed by atoms with Crippen molar-refractivity contribution in [2.24, 2.45) is 0 Å².